The molecule has 0 saturated heterocycles. The summed E-state index contributed by atoms with van der Waals surface area (Å²) >= 11 is 0. The van der Waals surface area contributed by atoms with Crippen LogP contribution in [0.15, 0.2) is 23.8 Å². The lowest BCUT2D eigenvalue weighted by molar-refractivity contribution is -0.123. The maximum absolute atomic E-state index is 11.9. The van der Waals surface area contributed by atoms with E-state index in [-0.39, 0.29) is 5.60 Å². The quantitative estimate of drug-likeness (QED) is 0.603. The highest BCUT2D eigenvalue weighted by atomic mass is 16.5. The van der Waals surface area contributed by atoms with Gasteiger partial charge in [0.25, 0.3) is 0 Å². The fourth-order valence-electron chi connectivity index (χ4n) is 7.62. The molecule has 130 valence electrons. The molecule has 3 fully saturated rings. The molecule has 0 aromatic rings. The van der Waals surface area contributed by atoms with Crippen LogP contribution in [-0.2, 0) is 9.53 Å². The maximum Gasteiger partial charge on any atom is 0.155 e. The summed E-state index contributed by atoms with van der Waals surface area (Å²) in [7, 11) is 0. The highest BCUT2D eigenvalue weighted by molar-refractivity contribution is 5.91. The standard InChI is InChI=1S/C22H30O2/c1-14-12-15-13-16(23)4-5-17(15)18-6-9-21(2)19(20(14)18)7-10-22(21)8-3-11-24-22/h3,8,13-14,17-20H,4-7,9-12H2,1-2H3/t14-,17+,18?,19?,20?,21+,22+/m1/s1. The van der Waals surface area contributed by atoms with Gasteiger partial charge in [0.2, 0.25) is 0 Å². The summed E-state index contributed by atoms with van der Waals surface area (Å²) in [6.45, 7) is 5.79. The molecule has 7 atom stereocenters. The molecule has 0 bridgehead atoms. The van der Waals surface area contributed by atoms with Crippen LogP contribution >= 0.6 is 0 Å². The van der Waals surface area contributed by atoms with Crippen LogP contribution in [0.5, 0.6) is 0 Å². The second-order valence-corrected chi connectivity index (χ2v) is 9.46. The van der Waals surface area contributed by atoms with Gasteiger partial charge in [0.05, 0.1) is 12.2 Å². The van der Waals surface area contributed by atoms with Crippen LogP contribution in [0.2, 0.25) is 0 Å². The first-order chi connectivity index (χ1) is 11.5. The molecule has 0 radical (unpaired) electrons. The van der Waals surface area contributed by atoms with E-state index in [4.69, 9.17) is 4.74 Å². The zero-order valence-electron chi connectivity index (χ0n) is 15.1. The third kappa shape index (κ3) is 1.84. The Kier molecular flexibility index (Phi) is 3.24. The van der Waals surface area contributed by atoms with Gasteiger partial charge in [-0.2, -0.15) is 0 Å². The molecule has 1 spiro atoms. The van der Waals surface area contributed by atoms with E-state index in [0.717, 1.165) is 43.6 Å². The van der Waals surface area contributed by atoms with Gasteiger partial charge in [-0.25, -0.2) is 0 Å². The highest BCUT2D eigenvalue weighted by Gasteiger charge is 2.64. The van der Waals surface area contributed by atoms with E-state index in [9.17, 15) is 4.79 Å². The fourth-order valence-corrected chi connectivity index (χ4v) is 7.62. The molecule has 2 nitrogen and oxygen atoms in total. The summed E-state index contributed by atoms with van der Waals surface area (Å²) in [5, 5.41) is 0. The third-order valence-corrected chi connectivity index (χ3v) is 8.65. The molecule has 3 saturated carbocycles. The topological polar surface area (TPSA) is 26.3 Å². The van der Waals surface area contributed by atoms with Crippen LogP contribution in [-0.4, -0.2) is 18.0 Å². The first-order valence-electron chi connectivity index (χ1n) is 10.1. The molecule has 5 rings (SSSR count). The number of allylic oxidation sites excluding steroid dienone is 1. The summed E-state index contributed by atoms with van der Waals surface area (Å²) in [6, 6.07) is 0. The van der Waals surface area contributed by atoms with E-state index in [1.165, 1.54) is 31.3 Å². The number of ether oxygens (including phenoxy) is 1. The van der Waals surface area contributed by atoms with Gasteiger partial charge in [-0.3, -0.25) is 4.79 Å². The van der Waals surface area contributed by atoms with Crippen LogP contribution in [0.1, 0.15) is 58.8 Å². The van der Waals surface area contributed by atoms with Crippen LogP contribution in [0, 0.1) is 35.0 Å². The Morgan fingerprint density at radius 3 is 2.88 bits per heavy atom. The average Bonchev–Trinajstić information content (AvgIpc) is 3.14. The number of hydrogen-bond acceptors (Lipinski definition) is 2. The molecule has 4 aliphatic carbocycles. The Morgan fingerprint density at radius 2 is 2.08 bits per heavy atom. The Bertz CT molecular complexity index is 632. The van der Waals surface area contributed by atoms with E-state index in [1.54, 1.807) is 0 Å². The maximum atomic E-state index is 11.9. The van der Waals surface area contributed by atoms with E-state index in [2.05, 4.69) is 26.0 Å². The van der Waals surface area contributed by atoms with E-state index < -0.39 is 0 Å². The summed E-state index contributed by atoms with van der Waals surface area (Å²) in [6.07, 6.45) is 14.9. The summed E-state index contributed by atoms with van der Waals surface area (Å²) in [5.74, 6) is 4.23. The zero-order chi connectivity index (χ0) is 16.5. The molecule has 0 aromatic carbocycles. The lowest BCUT2D eigenvalue weighted by Gasteiger charge is -2.57. The monoisotopic (exact) mass is 326 g/mol. The van der Waals surface area contributed by atoms with Crippen molar-refractivity contribution in [1.29, 1.82) is 0 Å². The van der Waals surface area contributed by atoms with E-state index in [1.807, 2.05) is 6.08 Å². The van der Waals surface area contributed by atoms with Gasteiger partial charge in [-0.05, 0) is 74.2 Å². The van der Waals surface area contributed by atoms with Gasteiger partial charge in [-0.1, -0.05) is 31.6 Å². The molecular formula is C22H30O2. The van der Waals surface area contributed by atoms with Crippen molar-refractivity contribution in [2.45, 2.75) is 64.4 Å². The Morgan fingerprint density at radius 1 is 1.21 bits per heavy atom. The lowest BCUT2D eigenvalue weighted by atomic mass is 9.48. The number of rotatable bonds is 0. The minimum Gasteiger partial charge on any atom is -0.366 e. The number of ketones is 1. The number of hydrogen-bond donors (Lipinski definition) is 0. The largest absolute Gasteiger partial charge is 0.366 e. The highest BCUT2D eigenvalue weighted by Crippen LogP contribution is 2.67. The Balaban J connectivity index is 1.51. The zero-order valence-corrected chi connectivity index (χ0v) is 15.1. The molecule has 3 unspecified atom stereocenters. The molecule has 0 amide bonds. The minimum atomic E-state index is 0.0288. The molecule has 1 aliphatic heterocycles. The molecular weight excluding hydrogens is 296 g/mol. The van der Waals surface area contributed by atoms with Crippen LogP contribution in [0.3, 0.4) is 0 Å². The summed E-state index contributed by atoms with van der Waals surface area (Å²) in [5.41, 5.74) is 1.84. The summed E-state index contributed by atoms with van der Waals surface area (Å²) in [4.78, 5) is 11.9. The molecule has 2 heteroatoms. The van der Waals surface area contributed by atoms with Gasteiger partial charge in [-0.15, -0.1) is 0 Å². The fraction of sp³-hybridized carbons (Fsp3) is 0.773. The van der Waals surface area contributed by atoms with E-state index >= 15 is 0 Å². The normalized spacial score (nSPS) is 52.8. The van der Waals surface area contributed by atoms with Gasteiger partial charge in [0, 0.05) is 11.8 Å². The predicted molar refractivity (Wildman–Crippen MR) is 94.5 cm³/mol. The number of carbonyl (C=O) groups is 1. The van der Waals surface area contributed by atoms with Gasteiger partial charge in [0.1, 0.15) is 0 Å². The van der Waals surface area contributed by atoms with Gasteiger partial charge >= 0.3 is 0 Å². The van der Waals surface area contributed by atoms with Crippen molar-refractivity contribution < 1.29 is 9.53 Å². The molecule has 24 heavy (non-hydrogen) atoms. The first kappa shape index (κ1) is 15.4. The van der Waals surface area contributed by atoms with E-state index in [0.29, 0.717) is 23.0 Å². The van der Waals surface area contributed by atoms with Crippen molar-refractivity contribution in [3.05, 3.63) is 23.8 Å². The molecule has 0 aromatic heterocycles. The number of fused-ring (bicyclic) bond motifs is 6. The van der Waals surface area contributed by atoms with Gasteiger partial charge in [0.15, 0.2) is 5.78 Å². The van der Waals surface area contributed by atoms with Crippen molar-refractivity contribution in [3.63, 3.8) is 0 Å². The van der Waals surface area contributed by atoms with Crippen molar-refractivity contribution in [1.82, 2.24) is 0 Å². The van der Waals surface area contributed by atoms with Crippen molar-refractivity contribution in [3.8, 4) is 0 Å². The Hall–Kier alpha value is -0.890. The van der Waals surface area contributed by atoms with Crippen molar-refractivity contribution in [2.24, 2.45) is 35.0 Å². The third-order valence-electron chi connectivity index (χ3n) is 8.65. The summed E-state index contributed by atoms with van der Waals surface area (Å²) < 4.78 is 6.34. The Labute approximate surface area is 145 Å². The molecule has 1 heterocycles. The predicted octanol–water partition coefficient (Wildman–Crippen LogP) is 4.70. The second-order valence-electron chi connectivity index (χ2n) is 9.46. The SMILES string of the molecule is C[C@@H]1CC2=CC(=O)CC[C@@H]2C2CC[C@@]3(C)C(CC[C@@]34C=CCO4)C21. The average molecular weight is 326 g/mol. The van der Waals surface area contributed by atoms with Crippen LogP contribution in [0.4, 0.5) is 0 Å². The van der Waals surface area contributed by atoms with Crippen molar-refractivity contribution in [2.75, 3.05) is 6.61 Å². The molecule has 0 N–H and O–H groups in total. The van der Waals surface area contributed by atoms with Crippen LogP contribution in [0.25, 0.3) is 0 Å². The second kappa shape index (κ2) is 5.06. The van der Waals surface area contributed by atoms with Crippen LogP contribution < -0.4 is 0 Å². The molecule has 5 aliphatic rings. The number of carbonyl (C=O) groups excluding carboxylic acids is 1. The smallest absolute Gasteiger partial charge is 0.155 e. The lowest BCUT2D eigenvalue weighted by Crippen LogP contribution is -2.54. The van der Waals surface area contributed by atoms with Crippen molar-refractivity contribution >= 4 is 5.78 Å². The van der Waals surface area contributed by atoms with Gasteiger partial charge < -0.3 is 4.74 Å². The first-order valence-corrected chi connectivity index (χ1v) is 10.1. The minimum absolute atomic E-state index is 0.0288.